The third-order valence-corrected chi connectivity index (χ3v) is 3.42. The number of hydrogen-bond acceptors (Lipinski definition) is 4. The second kappa shape index (κ2) is 6.27. The van der Waals surface area contributed by atoms with Crippen molar-refractivity contribution in [2.75, 3.05) is 6.61 Å². The van der Waals surface area contributed by atoms with Gasteiger partial charge in [-0.3, -0.25) is 9.59 Å². The number of carbonyl (C=O) groups excluding carboxylic acids is 2. The van der Waals surface area contributed by atoms with Crippen LogP contribution in [0, 0.1) is 17.2 Å². The Hall–Kier alpha value is -1.55. The standard InChI is InChI=1S/C15H15NO3.Li/c1-15(2,9-16)11-5-3-10(4-6-11)13(17)12-7-8-19-14(12)18;/h3-6,12H,7-8H2,1-2H3;/q;+1. The van der Waals surface area contributed by atoms with Gasteiger partial charge in [-0.2, -0.15) is 5.26 Å². The number of Topliss-reactive ketones (excluding diaryl/α,β-unsaturated/α-hetero) is 1. The van der Waals surface area contributed by atoms with Gasteiger partial charge in [0.2, 0.25) is 0 Å². The van der Waals surface area contributed by atoms with Gasteiger partial charge in [-0.05, 0) is 19.4 Å². The van der Waals surface area contributed by atoms with Crippen LogP contribution >= 0.6 is 0 Å². The Morgan fingerprint density at radius 3 is 2.40 bits per heavy atom. The van der Waals surface area contributed by atoms with E-state index in [1.165, 1.54) is 0 Å². The van der Waals surface area contributed by atoms with Gasteiger partial charge in [-0.15, -0.1) is 0 Å². The first-order chi connectivity index (χ1) is 8.95. The number of carbonyl (C=O) groups is 2. The SMILES string of the molecule is CC(C)(C#N)c1ccc(C(=O)C2CCOC2=O)cc1.[Li+]. The molecule has 1 aromatic rings. The smallest absolute Gasteiger partial charge is 0.465 e. The van der Waals surface area contributed by atoms with E-state index in [1.807, 2.05) is 13.8 Å². The van der Waals surface area contributed by atoms with Gasteiger partial charge in [0.1, 0.15) is 5.92 Å². The molecule has 0 aromatic heterocycles. The van der Waals surface area contributed by atoms with Crippen molar-refractivity contribution >= 4 is 11.8 Å². The molecule has 0 aliphatic carbocycles. The maximum atomic E-state index is 12.1. The van der Waals surface area contributed by atoms with Gasteiger partial charge in [-0.1, -0.05) is 24.3 Å². The second-order valence-electron chi connectivity index (χ2n) is 5.19. The fourth-order valence-electron chi connectivity index (χ4n) is 2.05. The average Bonchev–Trinajstić information content (AvgIpc) is 2.84. The number of ketones is 1. The number of nitriles is 1. The fourth-order valence-corrected chi connectivity index (χ4v) is 2.05. The first-order valence-corrected chi connectivity index (χ1v) is 6.18. The molecule has 0 spiro atoms. The second-order valence-corrected chi connectivity index (χ2v) is 5.19. The van der Waals surface area contributed by atoms with E-state index in [-0.39, 0.29) is 24.6 Å². The fraction of sp³-hybridized carbons (Fsp3) is 0.400. The summed E-state index contributed by atoms with van der Waals surface area (Å²) >= 11 is 0. The molecular weight excluding hydrogens is 249 g/mol. The van der Waals surface area contributed by atoms with Crippen LogP contribution < -0.4 is 18.9 Å². The van der Waals surface area contributed by atoms with Crippen molar-refractivity contribution in [1.29, 1.82) is 5.26 Å². The molecule has 1 unspecified atom stereocenters. The molecule has 5 heteroatoms. The number of rotatable bonds is 3. The molecular formula is C15H15LiNO3+. The van der Waals surface area contributed by atoms with Crippen molar-refractivity contribution in [3.63, 3.8) is 0 Å². The van der Waals surface area contributed by atoms with Crippen LogP contribution in [0.2, 0.25) is 0 Å². The minimum Gasteiger partial charge on any atom is -0.465 e. The van der Waals surface area contributed by atoms with E-state index in [2.05, 4.69) is 6.07 Å². The summed E-state index contributed by atoms with van der Waals surface area (Å²) in [5.74, 6) is -1.31. The normalized spacial score (nSPS) is 17.9. The first-order valence-electron chi connectivity index (χ1n) is 6.18. The number of nitrogens with zero attached hydrogens (tertiary/aromatic N) is 1. The Bertz CT molecular complexity index is 557. The average molecular weight is 264 g/mol. The van der Waals surface area contributed by atoms with Crippen LogP contribution in [-0.4, -0.2) is 18.4 Å². The maximum Gasteiger partial charge on any atom is 1.00 e. The topological polar surface area (TPSA) is 67.2 Å². The van der Waals surface area contributed by atoms with E-state index in [9.17, 15) is 9.59 Å². The van der Waals surface area contributed by atoms with Gasteiger partial charge in [-0.25, -0.2) is 0 Å². The predicted molar refractivity (Wildman–Crippen MR) is 68.5 cm³/mol. The Morgan fingerprint density at radius 1 is 1.35 bits per heavy atom. The summed E-state index contributed by atoms with van der Waals surface area (Å²) in [6.07, 6.45) is 0.448. The Kier molecular flexibility index (Phi) is 5.17. The van der Waals surface area contributed by atoms with Crippen LogP contribution in [-0.2, 0) is 14.9 Å². The van der Waals surface area contributed by atoms with E-state index in [0.717, 1.165) is 5.56 Å². The number of ether oxygens (including phenoxy) is 1. The molecule has 1 heterocycles. The number of cyclic esters (lactones) is 1. The molecule has 98 valence electrons. The summed E-state index contributed by atoms with van der Waals surface area (Å²) < 4.78 is 4.80. The monoisotopic (exact) mass is 264 g/mol. The molecule has 20 heavy (non-hydrogen) atoms. The van der Waals surface area contributed by atoms with Crippen LogP contribution in [0.15, 0.2) is 24.3 Å². The van der Waals surface area contributed by atoms with E-state index >= 15 is 0 Å². The zero-order chi connectivity index (χ0) is 14.0. The zero-order valence-electron chi connectivity index (χ0n) is 12.0. The van der Waals surface area contributed by atoms with E-state index in [4.69, 9.17) is 10.00 Å². The Morgan fingerprint density at radius 2 is 1.95 bits per heavy atom. The van der Waals surface area contributed by atoms with Gasteiger partial charge >= 0.3 is 24.8 Å². The molecule has 0 amide bonds. The van der Waals surface area contributed by atoms with E-state index in [1.54, 1.807) is 24.3 Å². The maximum absolute atomic E-state index is 12.1. The number of hydrogen-bond donors (Lipinski definition) is 0. The summed E-state index contributed by atoms with van der Waals surface area (Å²) in [4.78, 5) is 23.5. The molecule has 0 bridgehead atoms. The third-order valence-electron chi connectivity index (χ3n) is 3.42. The van der Waals surface area contributed by atoms with Gasteiger partial charge in [0, 0.05) is 12.0 Å². The summed E-state index contributed by atoms with van der Waals surface area (Å²) in [5.41, 5.74) is 0.746. The van der Waals surface area contributed by atoms with Crippen molar-refractivity contribution < 1.29 is 33.2 Å². The number of esters is 1. The van der Waals surface area contributed by atoms with Gasteiger partial charge in [0.15, 0.2) is 5.78 Å². The molecule has 4 nitrogen and oxygen atoms in total. The summed E-state index contributed by atoms with van der Waals surface area (Å²) in [6, 6.07) is 9.07. The summed E-state index contributed by atoms with van der Waals surface area (Å²) in [6.45, 7) is 3.95. The largest absolute Gasteiger partial charge is 1.00 e. The molecule has 1 atom stereocenters. The van der Waals surface area contributed by atoms with Crippen LogP contribution in [0.25, 0.3) is 0 Å². The molecule has 0 N–H and O–H groups in total. The Labute approximate surface area is 130 Å². The molecule has 1 aliphatic rings. The van der Waals surface area contributed by atoms with Crippen molar-refractivity contribution in [1.82, 2.24) is 0 Å². The van der Waals surface area contributed by atoms with Crippen LogP contribution in [0.1, 0.15) is 36.2 Å². The molecule has 1 saturated heterocycles. The molecule has 1 aromatic carbocycles. The van der Waals surface area contributed by atoms with Gasteiger partial charge in [0.25, 0.3) is 0 Å². The van der Waals surface area contributed by atoms with Crippen LogP contribution in [0.3, 0.4) is 0 Å². The van der Waals surface area contributed by atoms with Gasteiger partial charge < -0.3 is 4.74 Å². The molecule has 2 rings (SSSR count). The minimum absolute atomic E-state index is 0. The molecule has 1 aliphatic heterocycles. The molecule has 0 saturated carbocycles. The van der Waals surface area contributed by atoms with Crippen LogP contribution in [0.5, 0.6) is 0 Å². The van der Waals surface area contributed by atoms with Crippen molar-refractivity contribution in [2.45, 2.75) is 25.7 Å². The predicted octanol–water partition coefficient (Wildman–Crippen LogP) is -0.762. The van der Waals surface area contributed by atoms with Crippen molar-refractivity contribution in [2.24, 2.45) is 5.92 Å². The quantitative estimate of drug-likeness (QED) is 0.311. The molecule has 1 fully saturated rings. The van der Waals surface area contributed by atoms with Crippen molar-refractivity contribution in [3.8, 4) is 6.07 Å². The van der Waals surface area contributed by atoms with Gasteiger partial charge in [0.05, 0.1) is 18.1 Å². The number of benzene rings is 1. The van der Waals surface area contributed by atoms with E-state index in [0.29, 0.717) is 18.6 Å². The minimum atomic E-state index is -0.671. The first kappa shape index (κ1) is 16.5. The Balaban J connectivity index is 0.00000200. The van der Waals surface area contributed by atoms with E-state index < -0.39 is 17.3 Å². The van der Waals surface area contributed by atoms with Crippen molar-refractivity contribution in [3.05, 3.63) is 35.4 Å². The third kappa shape index (κ3) is 3.12. The summed E-state index contributed by atoms with van der Waals surface area (Å²) in [5, 5.41) is 9.06. The molecule has 0 radical (unpaired) electrons. The summed E-state index contributed by atoms with van der Waals surface area (Å²) in [7, 11) is 0. The zero-order valence-corrected chi connectivity index (χ0v) is 12.0. The van der Waals surface area contributed by atoms with Crippen LogP contribution in [0.4, 0.5) is 0 Å².